The van der Waals surface area contributed by atoms with Gasteiger partial charge in [-0.1, -0.05) is 41.7 Å². The van der Waals surface area contributed by atoms with Gasteiger partial charge in [0.15, 0.2) is 5.13 Å². The first-order valence-electron chi connectivity index (χ1n) is 6.97. The van der Waals surface area contributed by atoms with Gasteiger partial charge in [-0.2, -0.15) is 0 Å². The first kappa shape index (κ1) is 15.1. The van der Waals surface area contributed by atoms with Gasteiger partial charge in [0.05, 0.1) is 10.6 Å². The monoisotopic (exact) mass is 326 g/mol. The molecule has 0 spiro atoms. The zero-order valence-electron chi connectivity index (χ0n) is 12.4. The van der Waals surface area contributed by atoms with E-state index < -0.39 is 5.69 Å². The van der Waals surface area contributed by atoms with E-state index in [1.807, 2.05) is 37.3 Å². The zero-order valence-corrected chi connectivity index (χ0v) is 13.2. The fourth-order valence-electron chi connectivity index (χ4n) is 2.13. The van der Waals surface area contributed by atoms with Crippen molar-refractivity contribution in [2.75, 3.05) is 5.32 Å². The first-order chi connectivity index (χ1) is 11.1. The van der Waals surface area contributed by atoms with Crippen molar-refractivity contribution in [1.29, 1.82) is 0 Å². The van der Waals surface area contributed by atoms with Crippen LogP contribution in [-0.4, -0.2) is 20.4 Å². The van der Waals surface area contributed by atoms with Gasteiger partial charge in [-0.3, -0.25) is 9.36 Å². The van der Waals surface area contributed by atoms with Gasteiger partial charge in [0.25, 0.3) is 0 Å². The van der Waals surface area contributed by atoms with Gasteiger partial charge in [-0.15, -0.1) is 0 Å². The SMILES string of the molecule is Cc1nc(NC(=O)Cn2cccnc2=O)sc1-c1ccccc1. The molecule has 3 aromatic rings. The van der Waals surface area contributed by atoms with E-state index in [0.29, 0.717) is 5.13 Å². The predicted molar refractivity (Wildman–Crippen MR) is 89.4 cm³/mol. The summed E-state index contributed by atoms with van der Waals surface area (Å²) in [5.74, 6) is -0.312. The second-order valence-corrected chi connectivity index (χ2v) is 5.88. The van der Waals surface area contributed by atoms with Crippen LogP contribution in [0.5, 0.6) is 0 Å². The lowest BCUT2D eigenvalue weighted by molar-refractivity contribution is -0.116. The minimum Gasteiger partial charge on any atom is -0.300 e. The molecule has 0 radical (unpaired) electrons. The molecular formula is C16H14N4O2S. The number of rotatable bonds is 4. The quantitative estimate of drug-likeness (QED) is 0.798. The molecule has 2 heterocycles. The highest BCUT2D eigenvalue weighted by Gasteiger charge is 2.12. The number of nitrogens with zero attached hydrogens (tertiary/aromatic N) is 3. The molecule has 7 heteroatoms. The Balaban J connectivity index is 1.75. The van der Waals surface area contributed by atoms with Crippen LogP contribution in [0.15, 0.2) is 53.6 Å². The smallest absolute Gasteiger partial charge is 0.300 e. The van der Waals surface area contributed by atoms with Gasteiger partial charge < -0.3 is 5.32 Å². The number of amides is 1. The Morgan fingerprint density at radius 1 is 1.26 bits per heavy atom. The topological polar surface area (TPSA) is 76.9 Å². The van der Waals surface area contributed by atoms with Crippen molar-refractivity contribution in [3.05, 3.63) is 65.0 Å². The van der Waals surface area contributed by atoms with E-state index >= 15 is 0 Å². The number of aromatic nitrogens is 3. The van der Waals surface area contributed by atoms with Crippen LogP contribution < -0.4 is 11.0 Å². The largest absolute Gasteiger partial charge is 0.347 e. The molecule has 0 bridgehead atoms. The van der Waals surface area contributed by atoms with E-state index in [9.17, 15) is 9.59 Å². The highest BCUT2D eigenvalue weighted by Crippen LogP contribution is 2.32. The molecule has 6 nitrogen and oxygen atoms in total. The van der Waals surface area contributed by atoms with Crippen LogP contribution in [0.25, 0.3) is 10.4 Å². The van der Waals surface area contributed by atoms with E-state index in [2.05, 4.69) is 15.3 Å². The van der Waals surface area contributed by atoms with Gasteiger partial charge in [0.1, 0.15) is 6.54 Å². The molecule has 0 atom stereocenters. The molecule has 23 heavy (non-hydrogen) atoms. The molecule has 2 aromatic heterocycles. The van der Waals surface area contributed by atoms with E-state index in [4.69, 9.17) is 0 Å². The number of thiazole rings is 1. The summed E-state index contributed by atoms with van der Waals surface area (Å²) in [5, 5.41) is 3.25. The number of nitrogens with one attached hydrogen (secondary N) is 1. The van der Waals surface area contributed by atoms with Crippen molar-refractivity contribution in [2.45, 2.75) is 13.5 Å². The van der Waals surface area contributed by atoms with E-state index in [-0.39, 0.29) is 12.5 Å². The third-order valence-corrected chi connectivity index (χ3v) is 4.30. The number of carbonyl (C=O) groups is 1. The lowest BCUT2D eigenvalue weighted by Gasteiger charge is -2.03. The molecule has 0 aliphatic rings. The maximum absolute atomic E-state index is 12.1. The van der Waals surface area contributed by atoms with Crippen LogP contribution in [0.1, 0.15) is 5.69 Å². The normalized spacial score (nSPS) is 10.5. The summed E-state index contributed by atoms with van der Waals surface area (Å²) in [6.45, 7) is 1.81. The van der Waals surface area contributed by atoms with Crippen LogP contribution in [0, 0.1) is 6.92 Å². The summed E-state index contributed by atoms with van der Waals surface area (Å²) in [7, 11) is 0. The lowest BCUT2D eigenvalue weighted by Crippen LogP contribution is -2.28. The number of benzene rings is 1. The van der Waals surface area contributed by atoms with Crippen molar-refractivity contribution in [3.8, 4) is 10.4 Å². The van der Waals surface area contributed by atoms with Crippen molar-refractivity contribution in [2.24, 2.45) is 0 Å². The second-order valence-electron chi connectivity index (χ2n) is 4.88. The van der Waals surface area contributed by atoms with Gasteiger partial charge in [0, 0.05) is 12.4 Å². The highest BCUT2D eigenvalue weighted by atomic mass is 32.1. The number of hydrogen-bond donors (Lipinski definition) is 1. The summed E-state index contributed by atoms with van der Waals surface area (Å²) in [6, 6.07) is 11.5. The van der Waals surface area contributed by atoms with Crippen LogP contribution in [0.2, 0.25) is 0 Å². The van der Waals surface area contributed by atoms with E-state index in [0.717, 1.165) is 16.1 Å². The Morgan fingerprint density at radius 3 is 2.78 bits per heavy atom. The fourth-order valence-corrected chi connectivity index (χ4v) is 3.12. The lowest BCUT2D eigenvalue weighted by atomic mass is 10.2. The van der Waals surface area contributed by atoms with Gasteiger partial charge in [0.2, 0.25) is 5.91 Å². The van der Waals surface area contributed by atoms with Crippen LogP contribution >= 0.6 is 11.3 Å². The minimum atomic E-state index is -0.456. The average Bonchev–Trinajstić information content (AvgIpc) is 2.91. The number of hydrogen-bond acceptors (Lipinski definition) is 5. The Hall–Kier alpha value is -2.80. The average molecular weight is 326 g/mol. The minimum absolute atomic E-state index is 0.0913. The standard InChI is InChI=1S/C16H14N4O2S/c1-11-14(12-6-3-2-4-7-12)23-15(18-11)19-13(21)10-20-9-5-8-17-16(20)22/h2-9H,10H2,1H3,(H,18,19,21). The van der Waals surface area contributed by atoms with Crippen molar-refractivity contribution in [1.82, 2.24) is 14.5 Å². The Bertz CT molecular complexity index is 886. The maximum Gasteiger partial charge on any atom is 0.347 e. The molecule has 0 saturated carbocycles. The third kappa shape index (κ3) is 3.51. The molecule has 3 rings (SSSR count). The summed E-state index contributed by atoms with van der Waals surface area (Å²) in [6.07, 6.45) is 2.92. The van der Waals surface area contributed by atoms with Crippen LogP contribution in [0.3, 0.4) is 0 Å². The summed E-state index contributed by atoms with van der Waals surface area (Å²) in [5.41, 5.74) is 1.46. The molecule has 0 fully saturated rings. The zero-order chi connectivity index (χ0) is 16.2. The molecule has 0 aliphatic heterocycles. The Kier molecular flexibility index (Phi) is 4.29. The maximum atomic E-state index is 12.1. The molecular weight excluding hydrogens is 312 g/mol. The van der Waals surface area contributed by atoms with Crippen molar-refractivity contribution < 1.29 is 4.79 Å². The molecule has 0 saturated heterocycles. The summed E-state index contributed by atoms with van der Waals surface area (Å²) >= 11 is 1.41. The molecule has 116 valence electrons. The number of anilines is 1. The number of aryl methyl sites for hydroxylation is 1. The summed E-state index contributed by atoms with van der Waals surface area (Å²) < 4.78 is 1.24. The van der Waals surface area contributed by atoms with Crippen molar-refractivity contribution in [3.63, 3.8) is 0 Å². The predicted octanol–water partition coefficient (Wildman–Crippen LogP) is 2.31. The van der Waals surface area contributed by atoms with Gasteiger partial charge in [-0.05, 0) is 18.6 Å². The first-order valence-corrected chi connectivity index (χ1v) is 7.79. The molecule has 1 aromatic carbocycles. The van der Waals surface area contributed by atoms with Crippen molar-refractivity contribution >= 4 is 22.4 Å². The number of carbonyl (C=O) groups excluding carboxylic acids is 1. The van der Waals surface area contributed by atoms with Gasteiger partial charge >= 0.3 is 5.69 Å². The molecule has 1 N–H and O–H groups in total. The summed E-state index contributed by atoms with van der Waals surface area (Å²) in [4.78, 5) is 32.6. The highest BCUT2D eigenvalue weighted by molar-refractivity contribution is 7.19. The van der Waals surface area contributed by atoms with E-state index in [1.54, 1.807) is 6.07 Å². The third-order valence-electron chi connectivity index (χ3n) is 3.18. The Labute approximate surface area is 136 Å². The van der Waals surface area contributed by atoms with Gasteiger partial charge in [-0.25, -0.2) is 14.8 Å². The molecule has 0 unspecified atom stereocenters. The second kappa shape index (κ2) is 6.53. The molecule has 0 aliphatic carbocycles. The fraction of sp³-hybridized carbons (Fsp3) is 0.125. The van der Waals surface area contributed by atoms with Crippen LogP contribution in [-0.2, 0) is 11.3 Å². The van der Waals surface area contributed by atoms with Crippen LogP contribution in [0.4, 0.5) is 5.13 Å². The molecule has 1 amide bonds. The Morgan fingerprint density at radius 2 is 2.04 bits per heavy atom. The van der Waals surface area contributed by atoms with E-state index in [1.165, 1.54) is 28.3 Å².